The number of carboxylic acid groups (broad SMARTS) is 1. The molecule has 0 aliphatic heterocycles. The molecule has 1 amide bonds. The van der Waals surface area contributed by atoms with E-state index in [2.05, 4.69) is 11.4 Å². The SMILES string of the molecule is Cc1cc(C)cc(C2(C(=O)N[C@@H](C)C(=O)O)CC2)c1. The lowest BCUT2D eigenvalue weighted by atomic mass is 9.91. The number of benzene rings is 1. The van der Waals surface area contributed by atoms with Gasteiger partial charge in [-0.2, -0.15) is 0 Å². The summed E-state index contributed by atoms with van der Waals surface area (Å²) in [5.41, 5.74) is 2.74. The Balaban J connectivity index is 2.23. The summed E-state index contributed by atoms with van der Waals surface area (Å²) in [6.07, 6.45) is 1.57. The lowest BCUT2D eigenvalue weighted by molar-refractivity contribution is -0.141. The standard InChI is InChI=1S/C15H19NO3/c1-9-6-10(2)8-12(7-9)15(4-5-15)14(19)16-11(3)13(17)18/h6-8,11H,4-5H2,1-3H3,(H,16,19)(H,17,18)/t11-/m0/s1. The van der Waals surface area contributed by atoms with Crippen LogP contribution in [0.5, 0.6) is 0 Å². The zero-order chi connectivity index (χ0) is 14.2. The van der Waals surface area contributed by atoms with Crippen molar-refractivity contribution in [3.63, 3.8) is 0 Å². The minimum absolute atomic E-state index is 0.174. The number of amides is 1. The van der Waals surface area contributed by atoms with Crippen molar-refractivity contribution in [2.24, 2.45) is 0 Å². The number of hydrogen-bond donors (Lipinski definition) is 2. The van der Waals surface area contributed by atoms with Crippen LogP contribution in [0.4, 0.5) is 0 Å². The van der Waals surface area contributed by atoms with E-state index in [-0.39, 0.29) is 5.91 Å². The van der Waals surface area contributed by atoms with E-state index in [9.17, 15) is 9.59 Å². The summed E-state index contributed by atoms with van der Waals surface area (Å²) in [4.78, 5) is 23.1. The van der Waals surface area contributed by atoms with Gasteiger partial charge in [-0.1, -0.05) is 29.3 Å². The van der Waals surface area contributed by atoms with Crippen LogP contribution in [0.3, 0.4) is 0 Å². The van der Waals surface area contributed by atoms with E-state index in [1.54, 1.807) is 0 Å². The number of hydrogen-bond acceptors (Lipinski definition) is 2. The van der Waals surface area contributed by atoms with Crippen LogP contribution in [0.15, 0.2) is 18.2 Å². The fraction of sp³-hybridized carbons (Fsp3) is 0.467. The normalized spacial score (nSPS) is 17.6. The number of aliphatic carboxylic acids is 1. The first-order chi connectivity index (χ1) is 8.85. The maximum atomic E-state index is 12.3. The van der Waals surface area contributed by atoms with E-state index in [0.717, 1.165) is 29.5 Å². The Bertz CT molecular complexity index is 512. The number of carbonyl (C=O) groups is 2. The van der Waals surface area contributed by atoms with Crippen LogP contribution in [0, 0.1) is 13.8 Å². The van der Waals surface area contributed by atoms with Gasteiger partial charge in [0, 0.05) is 0 Å². The molecular formula is C15H19NO3. The van der Waals surface area contributed by atoms with Gasteiger partial charge in [-0.05, 0) is 39.2 Å². The van der Waals surface area contributed by atoms with Gasteiger partial charge in [-0.15, -0.1) is 0 Å². The van der Waals surface area contributed by atoms with Crippen molar-refractivity contribution < 1.29 is 14.7 Å². The Hall–Kier alpha value is -1.84. The second-order valence-corrected chi connectivity index (χ2v) is 5.49. The molecule has 0 spiro atoms. The zero-order valence-corrected chi connectivity index (χ0v) is 11.5. The molecule has 4 nitrogen and oxygen atoms in total. The minimum atomic E-state index is -1.01. The first kappa shape index (κ1) is 13.6. The lowest BCUT2D eigenvalue weighted by Crippen LogP contribution is -2.43. The molecule has 0 unspecified atom stereocenters. The average Bonchev–Trinajstić information content (AvgIpc) is 3.08. The molecule has 0 radical (unpaired) electrons. The maximum absolute atomic E-state index is 12.3. The van der Waals surface area contributed by atoms with Crippen LogP contribution in [0.25, 0.3) is 0 Å². The molecule has 0 aromatic heterocycles. The minimum Gasteiger partial charge on any atom is -0.480 e. The van der Waals surface area contributed by atoms with Gasteiger partial charge in [0.15, 0.2) is 0 Å². The molecule has 1 aromatic rings. The van der Waals surface area contributed by atoms with Gasteiger partial charge in [-0.25, -0.2) is 0 Å². The summed E-state index contributed by atoms with van der Waals surface area (Å²) in [6, 6.07) is 5.25. The van der Waals surface area contributed by atoms with E-state index >= 15 is 0 Å². The highest BCUT2D eigenvalue weighted by atomic mass is 16.4. The molecule has 4 heteroatoms. The number of carboxylic acids is 1. The van der Waals surface area contributed by atoms with Gasteiger partial charge in [0.25, 0.3) is 0 Å². The maximum Gasteiger partial charge on any atom is 0.325 e. The zero-order valence-electron chi connectivity index (χ0n) is 11.5. The van der Waals surface area contributed by atoms with Crippen LogP contribution in [0.2, 0.25) is 0 Å². The Labute approximate surface area is 112 Å². The third-order valence-electron chi connectivity index (χ3n) is 3.68. The molecular weight excluding hydrogens is 242 g/mol. The molecule has 2 N–H and O–H groups in total. The second-order valence-electron chi connectivity index (χ2n) is 5.49. The summed E-state index contributed by atoms with van der Waals surface area (Å²) in [5, 5.41) is 11.4. The summed E-state index contributed by atoms with van der Waals surface area (Å²) in [7, 11) is 0. The first-order valence-electron chi connectivity index (χ1n) is 6.48. The van der Waals surface area contributed by atoms with Gasteiger partial charge < -0.3 is 10.4 Å². The van der Waals surface area contributed by atoms with Crippen molar-refractivity contribution >= 4 is 11.9 Å². The third kappa shape index (κ3) is 2.62. The Morgan fingerprint density at radius 2 is 1.74 bits per heavy atom. The number of rotatable bonds is 4. The van der Waals surface area contributed by atoms with E-state index in [4.69, 9.17) is 5.11 Å². The molecule has 0 bridgehead atoms. The summed E-state index contributed by atoms with van der Waals surface area (Å²) in [5.74, 6) is -1.18. The number of aryl methyl sites for hydroxylation is 2. The van der Waals surface area contributed by atoms with E-state index in [0.29, 0.717) is 0 Å². The summed E-state index contributed by atoms with van der Waals surface area (Å²) in [6.45, 7) is 5.49. The largest absolute Gasteiger partial charge is 0.480 e. The van der Waals surface area contributed by atoms with Crippen LogP contribution >= 0.6 is 0 Å². The van der Waals surface area contributed by atoms with Gasteiger partial charge in [0.05, 0.1) is 5.41 Å². The van der Waals surface area contributed by atoms with Crippen molar-refractivity contribution in [3.05, 3.63) is 34.9 Å². The Morgan fingerprint density at radius 1 is 1.21 bits per heavy atom. The smallest absolute Gasteiger partial charge is 0.325 e. The van der Waals surface area contributed by atoms with E-state index < -0.39 is 17.4 Å². The topological polar surface area (TPSA) is 66.4 Å². The van der Waals surface area contributed by atoms with Crippen LogP contribution in [-0.4, -0.2) is 23.0 Å². The van der Waals surface area contributed by atoms with Crippen LogP contribution in [0.1, 0.15) is 36.5 Å². The quantitative estimate of drug-likeness (QED) is 0.870. The van der Waals surface area contributed by atoms with Gasteiger partial charge in [-0.3, -0.25) is 9.59 Å². The van der Waals surface area contributed by atoms with Gasteiger partial charge >= 0.3 is 5.97 Å². The van der Waals surface area contributed by atoms with Crippen LogP contribution in [-0.2, 0) is 15.0 Å². The highest BCUT2D eigenvalue weighted by Crippen LogP contribution is 2.48. The molecule has 1 atom stereocenters. The summed E-state index contributed by atoms with van der Waals surface area (Å²) < 4.78 is 0. The molecule has 102 valence electrons. The molecule has 0 heterocycles. The van der Waals surface area contributed by atoms with E-state index in [1.165, 1.54) is 6.92 Å². The molecule has 19 heavy (non-hydrogen) atoms. The predicted octanol–water partition coefficient (Wildman–Crippen LogP) is 1.92. The summed E-state index contributed by atoms with van der Waals surface area (Å²) >= 11 is 0. The van der Waals surface area contributed by atoms with Crippen LogP contribution < -0.4 is 5.32 Å². The molecule has 1 fully saturated rings. The number of carbonyl (C=O) groups excluding carboxylic acids is 1. The Morgan fingerprint density at radius 3 is 2.16 bits per heavy atom. The fourth-order valence-electron chi connectivity index (χ4n) is 2.42. The fourth-order valence-corrected chi connectivity index (χ4v) is 2.42. The molecule has 1 saturated carbocycles. The third-order valence-corrected chi connectivity index (χ3v) is 3.68. The van der Waals surface area contributed by atoms with Crippen molar-refractivity contribution in [1.82, 2.24) is 5.32 Å². The molecule has 0 saturated heterocycles. The molecule has 1 aliphatic rings. The second kappa shape index (κ2) is 4.68. The Kier molecular flexibility index (Phi) is 3.35. The van der Waals surface area contributed by atoms with Crippen molar-refractivity contribution in [2.75, 3.05) is 0 Å². The monoisotopic (exact) mass is 261 g/mol. The molecule has 1 aliphatic carbocycles. The van der Waals surface area contributed by atoms with Crippen molar-refractivity contribution in [3.8, 4) is 0 Å². The predicted molar refractivity (Wildman–Crippen MR) is 72.1 cm³/mol. The van der Waals surface area contributed by atoms with Gasteiger partial charge in [0.1, 0.15) is 6.04 Å². The van der Waals surface area contributed by atoms with Crippen molar-refractivity contribution in [1.29, 1.82) is 0 Å². The lowest BCUT2D eigenvalue weighted by Gasteiger charge is -2.19. The first-order valence-corrected chi connectivity index (χ1v) is 6.48. The molecule has 2 rings (SSSR count). The van der Waals surface area contributed by atoms with Crippen molar-refractivity contribution in [2.45, 2.75) is 45.1 Å². The van der Waals surface area contributed by atoms with Gasteiger partial charge in [0.2, 0.25) is 5.91 Å². The number of nitrogens with one attached hydrogen (secondary N) is 1. The average molecular weight is 261 g/mol. The molecule has 1 aromatic carbocycles. The highest BCUT2D eigenvalue weighted by Gasteiger charge is 2.51. The highest BCUT2D eigenvalue weighted by molar-refractivity contribution is 5.93. The van der Waals surface area contributed by atoms with E-state index in [1.807, 2.05) is 26.0 Å².